The highest BCUT2D eigenvalue weighted by Crippen LogP contribution is 2.49. The van der Waals surface area contributed by atoms with Crippen LogP contribution in [0.2, 0.25) is 0 Å². The largest absolute Gasteiger partial charge is 0.481 e. The second-order valence-electron chi connectivity index (χ2n) is 7.26. The van der Waals surface area contributed by atoms with Gasteiger partial charge in [-0.15, -0.1) is 0 Å². The van der Waals surface area contributed by atoms with Crippen molar-refractivity contribution >= 4 is 11.9 Å². The van der Waals surface area contributed by atoms with E-state index in [1.54, 1.807) is 0 Å². The second kappa shape index (κ2) is 7.19. The van der Waals surface area contributed by atoms with E-state index in [1.807, 2.05) is 12.2 Å². The minimum atomic E-state index is -1.01. The van der Waals surface area contributed by atoms with Crippen LogP contribution >= 0.6 is 0 Å². The number of benzene rings is 2. The number of carbonyl (C=O) groups excluding carboxylic acids is 1. The smallest absolute Gasteiger partial charge is 0.311 e. The number of rotatable bonds is 5. The summed E-state index contributed by atoms with van der Waals surface area (Å²) in [6.45, 7) is 0. The molecule has 2 aromatic carbocycles. The van der Waals surface area contributed by atoms with Crippen LogP contribution in [0.3, 0.4) is 0 Å². The Kier molecular flexibility index (Phi) is 4.71. The van der Waals surface area contributed by atoms with Crippen LogP contribution in [-0.2, 0) is 14.3 Å². The molecule has 4 unspecified atom stereocenters. The van der Waals surface area contributed by atoms with E-state index < -0.39 is 41.5 Å². The number of aliphatic carboxylic acids is 1. The summed E-state index contributed by atoms with van der Waals surface area (Å²) in [5, 5.41) is 9.56. The zero-order chi connectivity index (χ0) is 19.8. The molecule has 1 N–H and O–H groups in total. The third kappa shape index (κ3) is 3.30. The Morgan fingerprint density at radius 1 is 0.857 bits per heavy atom. The van der Waals surface area contributed by atoms with Crippen LogP contribution in [0.25, 0.3) is 0 Å². The normalized spacial score (nSPS) is 25.2. The third-order valence-corrected chi connectivity index (χ3v) is 5.60. The van der Waals surface area contributed by atoms with Gasteiger partial charge >= 0.3 is 11.9 Å². The molecule has 1 saturated carbocycles. The highest BCUT2D eigenvalue weighted by molar-refractivity contribution is 5.83. The number of halogens is 2. The Hall–Kier alpha value is -3.02. The molecule has 6 heteroatoms. The lowest BCUT2D eigenvalue weighted by atomic mass is 9.83. The van der Waals surface area contributed by atoms with Crippen LogP contribution in [0.1, 0.15) is 23.7 Å². The van der Waals surface area contributed by atoms with Crippen LogP contribution in [0.5, 0.6) is 0 Å². The molecule has 2 bridgehead atoms. The summed E-state index contributed by atoms with van der Waals surface area (Å²) in [5.41, 5.74) is 1.04. The summed E-state index contributed by atoms with van der Waals surface area (Å²) in [5.74, 6) is -4.41. The van der Waals surface area contributed by atoms with Gasteiger partial charge in [-0.1, -0.05) is 36.4 Å². The van der Waals surface area contributed by atoms with Gasteiger partial charge in [-0.05, 0) is 53.6 Å². The van der Waals surface area contributed by atoms with Crippen molar-refractivity contribution in [3.8, 4) is 0 Å². The molecule has 0 spiro atoms. The van der Waals surface area contributed by atoms with Crippen molar-refractivity contribution in [1.29, 1.82) is 0 Å². The van der Waals surface area contributed by atoms with Crippen LogP contribution in [0, 0.1) is 35.3 Å². The maximum atomic E-state index is 13.3. The van der Waals surface area contributed by atoms with Crippen molar-refractivity contribution in [3.05, 3.63) is 83.4 Å². The van der Waals surface area contributed by atoms with E-state index in [0.717, 1.165) is 0 Å². The quantitative estimate of drug-likeness (QED) is 0.622. The van der Waals surface area contributed by atoms with Gasteiger partial charge in [0.2, 0.25) is 0 Å². The summed E-state index contributed by atoms with van der Waals surface area (Å²) < 4.78 is 32.4. The van der Waals surface area contributed by atoms with E-state index in [-0.39, 0.29) is 11.8 Å². The molecular weight excluding hydrogens is 366 g/mol. The third-order valence-electron chi connectivity index (χ3n) is 5.60. The summed E-state index contributed by atoms with van der Waals surface area (Å²) in [6, 6.07) is 11.0. The summed E-state index contributed by atoms with van der Waals surface area (Å²) in [7, 11) is 0. The lowest BCUT2D eigenvalue weighted by Crippen LogP contribution is -2.35. The number of carboxylic acids is 1. The van der Waals surface area contributed by atoms with E-state index in [2.05, 4.69) is 0 Å². The molecule has 2 aromatic rings. The first-order valence-electron chi connectivity index (χ1n) is 9.06. The molecule has 4 nitrogen and oxygen atoms in total. The fraction of sp³-hybridized carbons (Fsp3) is 0.273. The number of allylic oxidation sites excluding steroid dienone is 2. The number of esters is 1. The minimum Gasteiger partial charge on any atom is -0.481 e. The van der Waals surface area contributed by atoms with Crippen LogP contribution in [0.15, 0.2) is 60.7 Å². The van der Waals surface area contributed by atoms with Gasteiger partial charge in [0.15, 0.2) is 6.10 Å². The van der Waals surface area contributed by atoms with Crippen molar-refractivity contribution in [2.24, 2.45) is 23.7 Å². The number of hydrogen-bond acceptors (Lipinski definition) is 3. The van der Waals surface area contributed by atoms with Crippen molar-refractivity contribution in [2.75, 3.05) is 0 Å². The van der Waals surface area contributed by atoms with Crippen molar-refractivity contribution in [3.63, 3.8) is 0 Å². The zero-order valence-corrected chi connectivity index (χ0v) is 14.8. The number of hydrogen-bond donors (Lipinski definition) is 1. The van der Waals surface area contributed by atoms with Gasteiger partial charge in [0.05, 0.1) is 11.8 Å². The van der Waals surface area contributed by atoms with Gasteiger partial charge in [-0.25, -0.2) is 8.78 Å². The van der Waals surface area contributed by atoms with Crippen molar-refractivity contribution in [1.82, 2.24) is 0 Å². The maximum absolute atomic E-state index is 13.3. The first-order valence-corrected chi connectivity index (χ1v) is 9.06. The summed E-state index contributed by atoms with van der Waals surface area (Å²) in [4.78, 5) is 24.7. The van der Waals surface area contributed by atoms with Crippen LogP contribution in [-0.4, -0.2) is 17.0 Å². The van der Waals surface area contributed by atoms with E-state index in [0.29, 0.717) is 17.5 Å². The molecule has 1 fully saturated rings. The number of carbonyl (C=O) groups is 2. The highest BCUT2D eigenvalue weighted by Gasteiger charge is 2.52. The standard InChI is InChI=1S/C22H18F2O4/c23-16-7-3-12(4-8-16)20(13-5-9-17(24)10-6-13)28-22(27)19-15-2-1-14(11-15)18(19)21(25)26/h1-10,14-15,18-20H,11H2,(H,25,26). The fourth-order valence-electron chi connectivity index (χ4n) is 4.28. The Balaban J connectivity index is 1.64. The Morgan fingerprint density at radius 3 is 1.79 bits per heavy atom. The second-order valence-corrected chi connectivity index (χ2v) is 7.26. The number of carboxylic acid groups (broad SMARTS) is 1. The van der Waals surface area contributed by atoms with Gasteiger partial charge in [0, 0.05) is 0 Å². The molecule has 4 atom stereocenters. The lowest BCUT2D eigenvalue weighted by Gasteiger charge is -2.26. The average Bonchev–Trinajstić information content (AvgIpc) is 3.29. The van der Waals surface area contributed by atoms with Gasteiger partial charge in [-0.3, -0.25) is 9.59 Å². The Morgan fingerprint density at radius 2 is 1.32 bits per heavy atom. The molecule has 0 saturated heterocycles. The van der Waals surface area contributed by atoms with Gasteiger partial charge < -0.3 is 9.84 Å². The molecule has 2 aliphatic carbocycles. The summed E-state index contributed by atoms with van der Waals surface area (Å²) >= 11 is 0. The first kappa shape index (κ1) is 18.3. The molecule has 0 aromatic heterocycles. The van der Waals surface area contributed by atoms with Gasteiger partial charge in [-0.2, -0.15) is 0 Å². The Bertz CT molecular complexity index is 875. The zero-order valence-electron chi connectivity index (χ0n) is 14.8. The molecule has 0 aliphatic heterocycles. The van der Waals surface area contributed by atoms with Crippen LogP contribution < -0.4 is 0 Å². The molecule has 0 radical (unpaired) electrons. The fourth-order valence-corrected chi connectivity index (χ4v) is 4.28. The molecular formula is C22H18F2O4. The molecule has 28 heavy (non-hydrogen) atoms. The summed E-state index contributed by atoms with van der Waals surface area (Å²) in [6.07, 6.45) is 3.46. The number of ether oxygens (including phenoxy) is 1. The first-order chi connectivity index (χ1) is 13.4. The predicted molar refractivity (Wildman–Crippen MR) is 96.1 cm³/mol. The predicted octanol–water partition coefficient (Wildman–Crippen LogP) is 4.12. The van der Waals surface area contributed by atoms with E-state index in [9.17, 15) is 23.5 Å². The van der Waals surface area contributed by atoms with Gasteiger partial charge in [0.25, 0.3) is 0 Å². The topological polar surface area (TPSA) is 63.6 Å². The Labute approximate surface area is 160 Å². The van der Waals surface area contributed by atoms with E-state index >= 15 is 0 Å². The van der Waals surface area contributed by atoms with E-state index in [1.165, 1.54) is 48.5 Å². The van der Waals surface area contributed by atoms with Crippen LogP contribution in [0.4, 0.5) is 8.78 Å². The maximum Gasteiger partial charge on any atom is 0.311 e. The molecule has 4 rings (SSSR count). The monoisotopic (exact) mass is 384 g/mol. The van der Waals surface area contributed by atoms with Crippen molar-refractivity contribution < 1.29 is 28.2 Å². The lowest BCUT2D eigenvalue weighted by molar-refractivity contribution is -0.161. The van der Waals surface area contributed by atoms with E-state index in [4.69, 9.17) is 4.74 Å². The molecule has 0 amide bonds. The number of fused-ring (bicyclic) bond motifs is 2. The highest BCUT2D eigenvalue weighted by atomic mass is 19.1. The molecule has 0 heterocycles. The average molecular weight is 384 g/mol. The van der Waals surface area contributed by atoms with Crippen molar-refractivity contribution in [2.45, 2.75) is 12.5 Å². The molecule has 144 valence electrons. The SMILES string of the molecule is O=C(O)C1C2C=CC(C2)C1C(=O)OC(c1ccc(F)cc1)c1ccc(F)cc1. The van der Waals surface area contributed by atoms with Gasteiger partial charge in [0.1, 0.15) is 11.6 Å². The minimum absolute atomic E-state index is 0.166. The molecule has 2 aliphatic rings.